The van der Waals surface area contributed by atoms with Crippen molar-refractivity contribution in [2.75, 3.05) is 37.8 Å². The highest BCUT2D eigenvalue weighted by molar-refractivity contribution is 5.76. The minimum atomic E-state index is 0.178. The lowest BCUT2D eigenvalue weighted by Gasteiger charge is -2.31. The summed E-state index contributed by atoms with van der Waals surface area (Å²) in [5.41, 5.74) is 9.17. The maximum Gasteiger partial charge on any atom is 0.223 e. The Morgan fingerprint density at radius 1 is 1.44 bits per heavy atom. The first kappa shape index (κ1) is 12.7. The molecule has 4 nitrogen and oxygen atoms in total. The van der Waals surface area contributed by atoms with Crippen molar-refractivity contribution in [3.8, 4) is 0 Å². The van der Waals surface area contributed by atoms with Crippen molar-refractivity contribution < 1.29 is 4.79 Å². The van der Waals surface area contributed by atoms with Crippen molar-refractivity contribution in [3.05, 3.63) is 23.8 Å². The first-order valence-corrected chi connectivity index (χ1v) is 6.41. The normalized spacial score (nSPS) is 14.2. The predicted molar refractivity (Wildman–Crippen MR) is 74.7 cm³/mol. The second-order valence-corrected chi connectivity index (χ2v) is 5.02. The Kier molecular flexibility index (Phi) is 3.75. The summed E-state index contributed by atoms with van der Waals surface area (Å²) in [7, 11) is 3.60. The highest BCUT2D eigenvalue weighted by Crippen LogP contribution is 2.28. The molecule has 1 aliphatic heterocycles. The van der Waals surface area contributed by atoms with Crippen LogP contribution in [-0.4, -0.2) is 38.0 Å². The molecule has 2 rings (SSSR count). The molecule has 0 saturated heterocycles. The van der Waals surface area contributed by atoms with Crippen LogP contribution in [0.1, 0.15) is 18.4 Å². The first-order valence-electron chi connectivity index (χ1n) is 6.41. The number of hydrogen-bond acceptors (Lipinski definition) is 3. The molecule has 2 N–H and O–H groups in total. The average molecular weight is 247 g/mol. The van der Waals surface area contributed by atoms with Crippen LogP contribution >= 0.6 is 0 Å². The molecular formula is C14H21N3O. The topological polar surface area (TPSA) is 49.6 Å². The maximum atomic E-state index is 11.6. The molecule has 0 aliphatic carbocycles. The van der Waals surface area contributed by atoms with Gasteiger partial charge in [-0.1, -0.05) is 0 Å². The number of rotatable bonds is 3. The molecule has 1 aliphatic rings. The van der Waals surface area contributed by atoms with Crippen LogP contribution in [0, 0.1) is 0 Å². The van der Waals surface area contributed by atoms with Crippen LogP contribution in [0.4, 0.5) is 11.4 Å². The lowest BCUT2D eigenvalue weighted by atomic mass is 10.0. The van der Waals surface area contributed by atoms with Gasteiger partial charge in [-0.2, -0.15) is 0 Å². The van der Waals surface area contributed by atoms with Gasteiger partial charge in [0.2, 0.25) is 5.91 Å². The van der Waals surface area contributed by atoms with Crippen molar-refractivity contribution in [2.45, 2.75) is 19.3 Å². The third-order valence-electron chi connectivity index (χ3n) is 3.41. The van der Waals surface area contributed by atoms with Gasteiger partial charge in [-0.15, -0.1) is 0 Å². The van der Waals surface area contributed by atoms with Gasteiger partial charge in [0.05, 0.1) is 0 Å². The first-order chi connectivity index (χ1) is 8.58. The number of benzene rings is 1. The van der Waals surface area contributed by atoms with Gasteiger partial charge in [-0.25, -0.2) is 0 Å². The largest absolute Gasteiger partial charge is 0.399 e. The predicted octanol–water partition coefficient (Wildman–Crippen LogP) is 1.50. The van der Waals surface area contributed by atoms with Crippen molar-refractivity contribution in [1.29, 1.82) is 0 Å². The van der Waals surface area contributed by atoms with E-state index in [-0.39, 0.29) is 5.91 Å². The highest BCUT2D eigenvalue weighted by atomic mass is 16.2. The third-order valence-corrected chi connectivity index (χ3v) is 3.41. The summed E-state index contributed by atoms with van der Waals surface area (Å²) >= 11 is 0. The van der Waals surface area contributed by atoms with Crippen molar-refractivity contribution >= 4 is 17.3 Å². The molecule has 98 valence electrons. The van der Waals surface area contributed by atoms with Gasteiger partial charge in [-0.3, -0.25) is 4.79 Å². The van der Waals surface area contributed by atoms with E-state index in [9.17, 15) is 4.79 Å². The fourth-order valence-electron chi connectivity index (χ4n) is 2.38. The van der Waals surface area contributed by atoms with E-state index in [1.165, 1.54) is 11.3 Å². The molecule has 0 aromatic heterocycles. The van der Waals surface area contributed by atoms with Crippen LogP contribution in [0.2, 0.25) is 0 Å². The van der Waals surface area contributed by atoms with Crippen molar-refractivity contribution in [1.82, 2.24) is 4.90 Å². The molecule has 0 bridgehead atoms. The zero-order valence-electron chi connectivity index (χ0n) is 11.1. The van der Waals surface area contributed by atoms with E-state index in [1.54, 1.807) is 19.0 Å². The van der Waals surface area contributed by atoms with Crippen LogP contribution in [-0.2, 0) is 11.2 Å². The lowest BCUT2D eigenvalue weighted by Crippen LogP contribution is -2.33. The van der Waals surface area contributed by atoms with E-state index in [0.29, 0.717) is 6.42 Å². The molecule has 0 atom stereocenters. The van der Waals surface area contributed by atoms with Gasteiger partial charge in [-0.05, 0) is 36.6 Å². The maximum absolute atomic E-state index is 11.6. The van der Waals surface area contributed by atoms with Crippen LogP contribution in [0.25, 0.3) is 0 Å². The zero-order valence-corrected chi connectivity index (χ0v) is 11.1. The van der Waals surface area contributed by atoms with Gasteiger partial charge in [0.1, 0.15) is 0 Å². The fraction of sp³-hybridized carbons (Fsp3) is 0.500. The van der Waals surface area contributed by atoms with Gasteiger partial charge in [0, 0.05) is 45.0 Å². The number of nitrogens with zero attached hydrogens (tertiary/aromatic N) is 2. The highest BCUT2D eigenvalue weighted by Gasteiger charge is 2.17. The molecule has 1 amide bonds. The number of nitrogens with two attached hydrogens (primary N) is 1. The Morgan fingerprint density at radius 2 is 2.22 bits per heavy atom. The quantitative estimate of drug-likeness (QED) is 0.823. The molecule has 1 aromatic rings. The Bertz CT molecular complexity index is 443. The Labute approximate surface area is 108 Å². The summed E-state index contributed by atoms with van der Waals surface area (Å²) < 4.78 is 0. The minimum Gasteiger partial charge on any atom is -0.399 e. The van der Waals surface area contributed by atoms with Crippen LogP contribution in [0.3, 0.4) is 0 Å². The zero-order chi connectivity index (χ0) is 13.1. The summed E-state index contributed by atoms with van der Waals surface area (Å²) in [4.78, 5) is 15.6. The molecule has 18 heavy (non-hydrogen) atoms. The molecule has 1 heterocycles. The smallest absolute Gasteiger partial charge is 0.223 e. The monoisotopic (exact) mass is 247 g/mol. The van der Waals surface area contributed by atoms with E-state index in [4.69, 9.17) is 5.73 Å². The van der Waals surface area contributed by atoms with E-state index >= 15 is 0 Å². The van der Waals surface area contributed by atoms with E-state index in [1.807, 2.05) is 6.07 Å². The average Bonchev–Trinajstić information content (AvgIpc) is 2.35. The summed E-state index contributed by atoms with van der Waals surface area (Å²) in [6.07, 6.45) is 2.78. The number of aryl methyl sites for hydroxylation is 1. The van der Waals surface area contributed by atoms with Gasteiger partial charge in [0.15, 0.2) is 0 Å². The summed E-state index contributed by atoms with van der Waals surface area (Å²) in [5.74, 6) is 0.178. The third kappa shape index (κ3) is 2.75. The molecule has 0 radical (unpaired) electrons. The molecule has 0 unspecified atom stereocenters. The summed E-state index contributed by atoms with van der Waals surface area (Å²) in [5, 5.41) is 0. The number of carbonyl (C=O) groups is 1. The second-order valence-electron chi connectivity index (χ2n) is 5.02. The number of hydrogen-bond donors (Lipinski definition) is 1. The second kappa shape index (κ2) is 5.29. The standard InChI is InChI=1S/C14H21N3O/c1-16(2)14(18)7-9-17-8-3-4-11-10-12(15)5-6-13(11)17/h5-6,10H,3-4,7-9,15H2,1-2H3. The molecule has 0 spiro atoms. The SMILES string of the molecule is CN(C)C(=O)CCN1CCCc2cc(N)ccc21. The molecule has 0 saturated carbocycles. The molecule has 1 aromatic carbocycles. The lowest BCUT2D eigenvalue weighted by molar-refractivity contribution is -0.128. The Balaban J connectivity index is 2.06. The van der Waals surface area contributed by atoms with Gasteiger partial charge < -0.3 is 15.5 Å². The minimum absolute atomic E-state index is 0.178. The summed E-state index contributed by atoms with van der Waals surface area (Å²) in [6.45, 7) is 1.81. The van der Waals surface area contributed by atoms with Crippen LogP contribution in [0.15, 0.2) is 18.2 Å². The number of carbonyl (C=O) groups excluding carboxylic acids is 1. The van der Waals surface area contributed by atoms with E-state index in [0.717, 1.165) is 31.6 Å². The molecule has 0 fully saturated rings. The number of fused-ring (bicyclic) bond motifs is 1. The van der Waals surface area contributed by atoms with E-state index in [2.05, 4.69) is 17.0 Å². The summed E-state index contributed by atoms with van der Waals surface area (Å²) in [6, 6.07) is 6.06. The van der Waals surface area contributed by atoms with Crippen LogP contribution < -0.4 is 10.6 Å². The van der Waals surface area contributed by atoms with Crippen molar-refractivity contribution in [2.24, 2.45) is 0 Å². The van der Waals surface area contributed by atoms with Crippen LogP contribution in [0.5, 0.6) is 0 Å². The molecule has 4 heteroatoms. The van der Waals surface area contributed by atoms with Gasteiger partial charge >= 0.3 is 0 Å². The van der Waals surface area contributed by atoms with E-state index < -0.39 is 0 Å². The number of anilines is 2. The van der Waals surface area contributed by atoms with Gasteiger partial charge in [0.25, 0.3) is 0 Å². The Morgan fingerprint density at radius 3 is 2.94 bits per heavy atom. The fourth-order valence-corrected chi connectivity index (χ4v) is 2.38. The Hall–Kier alpha value is -1.71. The number of nitrogen functional groups attached to an aromatic ring is 1. The number of amides is 1. The molecular weight excluding hydrogens is 226 g/mol. The van der Waals surface area contributed by atoms with Crippen molar-refractivity contribution in [3.63, 3.8) is 0 Å².